The number of aliphatic hydroxyl groups excluding tert-OH is 1. The second kappa shape index (κ2) is 8.09. The highest BCUT2D eigenvalue weighted by atomic mass is 16.4. The highest BCUT2D eigenvalue weighted by molar-refractivity contribution is 5.80. The Morgan fingerprint density at radius 2 is 1.85 bits per heavy atom. The molecule has 0 heterocycles. The SMILES string of the molecule is CCC(CC)N(CCO)C(=O)N(CC(=O)O)CC1CC1. The largest absolute Gasteiger partial charge is 0.480 e. The molecule has 2 amide bonds. The van der Waals surface area contributed by atoms with Crippen LogP contribution in [-0.4, -0.2) is 64.3 Å². The summed E-state index contributed by atoms with van der Waals surface area (Å²) in [5.74, 6) is -0.552. The van der Waals surface area contributed by atoms with Crippen LogP contribution in [0.3, 0.4) is 0 Å². The van der Waals surface area contributed by atoms with Crippen LogP contribution in [0.25, 0.3) is 0 Å². The molecule has 1 rings (SSSR count). The summed E-state index contributed by atoms with van der Waals surface area (Å²) < 4.78 is 0. The van der Waals surface area contributed by atoms with Gasteiger partial charge in [0.05, 0.1) is 6.61 Å². The van der Waals surface area contributed by atoms with E-state index in [4.69, 9.17) is 10.2 Å². The lowest BCUT2D eigenvalue weighted by molar-refractivity contribution is -0.137. The van der Waals surface area contributed by atoms with Gasteiger partial charge in [-0.25, -0.2) is 4.79 Å². The van der Waals surface area contributed by atoms with E-state index in [-0.39, 0.29) is 31.8 Å². The standard InChI is InChI=1S/C14H26N2O4/c1-3-12(4-2)16(7-8-17)14(20)15(10-13(18)19)9-11-5-6-11/h11-12,17H,3-10H2,1-2H3,(H,18,19). The number of hydrogen-bond acceptors (Lipinski definition) is 3. The van der Waals surface area contributed by atoms with E-state index in [1.54, 1.807) is 4.90 Å². The van der Waals surface area contributed by atoms with E-state index in [0.717, 1.165) is 25.7 Å². The summed E-state index contributed by atoms with van der Waals surface area (Å²) in [5.41, 5.74) is 0. The molecule has 0 aromatic rings. The molecule has 0 bridgehead atoms. The van der Waals surface area contributed by atoms with Crippen molar-refractivity contribution in [1.82, 2.24) is 9.80 Å². The number of urea groups is 1. The molecule has 0 spiro atoms. The zero-order chi connectivity index (χ0) is 15.1. The zero-order valence-corrected chi connectivity index (χ0v) is 12.4. The molecular weight excluding hydrogens is 260 g/mol. The van der Waals surface area contributed by atoms with E-state index in [0.29, 0.717) is 12.5 Å². The quantitative estimate of drug-likeness (QED) is 0.671. The number of nitrogens with zero attached hydrogens (tertiary/aromatic N) is 2. The van der Waals surface area contributed by atoms with Gasteiger partial charge in [-0.3, -0.25) is 4.79 Å². The van der Waals surface area contributed by atoms with Crippen LogP contribution < -0.4 is 0 Å². The van der Waals surface area contributed by atoms with Crippen molar-refractivity contribution in [3.63, 3.8) is 0 Å². The minimum Gasteiger partial charge on any atom is -0.480 e. The molecule has 0 saturated heterocycles. The molecule has 0 aromatic heterocycles. The fourth-order valence-electron chi connectivity index (χ4n) is 2.44. The van der Waals surface area contributed by atoms with Gasteiger partial charge in [0.2, 0.25) is 0 Å². The fraction of sp³-hybridized carbons (Fsp3) is 0.857. The van der Waals surface area contributed by atoms with Crippen LogP contribution in [0.2, 0.25) is 0 Å². The Labute approximate surface area is 120 Å². The molecule has 0 aliphatic heterocycles. The van der Waals surface area contributed by atoms with E-state index in [1.165, 1.54) is 4.90 Å². The molecule has 6 heteroatoms. The number of carboxylic acid groups (broad SMARTS) is 1. The monoisotopic (exact) mass is 286 g/mol. The molecule has 1 aliphatic carbocycles. The van der Waals surface area contributed by atoms with Crippen LogP contribution in [0.1, 0.15) is 39.5 Å². The number of hydrogen-bond donors (Lipinski definition) is 2. The molecule has 116 valence electrons. The molecule has 1 fully saturated rings. The maximum Gasteiger partial charge on any atom is 0.323 e. The first-order chi connectivity index (χ1) is 9.53. The van der Waals surface area contributed by atoms with E-state index in [9.17, 15) is 9.59 Å². The maximum atomic E-state index is 12.6. The predicted octanol–water partition coefficient (Wildman–Crippen LogP) is 1.39. The van der Waals surface area contributed by atoms with Crippen molar-refractivity contribution in [1.29, 1.82) is 0 Å². The summed E-state index contributed by atoms with van der Waals surface area (Å²) in [7, 11) is 0. The molecule has 0 radical (unpaired) electrons. The van der Waals surface area contributed by atoms with Crippen molar-refractivity contribution < 1.29 is 19.8 Å². The summed E-state index contributed by atoms with van der Waals surface area (Å²) in [6.07, 6.45) is 3.72. The van der Waals surface area contributed by atoms with Crippen LogP contribution >= 0.6 is 0 Å². The van der Waals surface area contributed by atoms with Crippen molar-refractivity contribution in [3.05, 3.63) is 0 Å². The lowest BCUT2D eigenvalue weighted by Crippen LogP contribution is -2.51. The second-order valence-corrected chi connectivity index (χ2v) is 5.39. The predicted molar refractivity (Wildman–Crippen MR) is 75.5 cm³/mol. The van der Waals surface area contributed by atoms with Crippen LogP contribution in [-0.2, 0) is 4.79 Å². The number of carbonyl (C=O) groups excluding carboxylic acids is 1. The third kappa shape index (κ3) is 5.00. The molecule has 1 aliphatic rings. The first-order valence-corrected chi connectivity index (χ1v) is 7.41. The van der Waals surface area contributed by atoms with Gasteiger partial charge in [0, 0.05) is 19.1 Å². The zero-order valence-electron chi connectivity index (χ0n) is 12.4. The number of carboxylic acids is 1. The number of rotatable bonds is 9. The van der Waals surface area contributed by atoms with Crippen LogP contribution in [0.15, 0.2) is 0 Å². The summed E-state index contributed by atoms with van der Waals surface area (Å²) in [6, 6.07) is -0.216. The molecule has 0 atom stereocenters. The van der Waals surface area contributed by atoms with Crippen LogP contribution in [0.5, 0.6) is 0 Å². The molecule has 1 saturated carbocycles. The number of carbonyl (C=O) groups is 2. The Balaban J connectivity index is 2.77. The smallest absolute Gasteiger partial charge is 0.323 e. The third-order valence-electron chi connectivity index (χ3n) is 3.74. The van der Waals surface area contributed by atoms with Crippen LogP contribution in [0, 0.1) is 5.92 Å². The van der Waals surface area contributed by atoms with E-state index in [1.807, 2.05) is 13.8 Å². The molecular formula is C14H26N2O4. The van der Waals surface area contributed by atoms with Gasteiger partial charge in [0.25, 0.3) is 0 Å². The minimum atomic E-state index is -0.993. The average Bonchev–Trinajstić information content (AvgIpc) is 3.21. The van der Waals surface area contributed by atoms with Crippen molar-refractivity contribution in [2.75, 3.05) is 26.2 Å². The molecule has 6 nitrogen and oxygen atoms in total. The highest BCUT2D eigenvalue weighted by Gasteiger charge is 2.31. The summed E-state index contributed by atoms with van der Waals surface area (Å²) >= 11 is 0. The van der Waals surface area contributed by atoms with Gasteiger partial charge in [0.1, 0.15) is 6.54 Å². The fourth-order valence-corrected chi connectivity index (χ4v) is 2.44. The second-order valence-electron chi connectivity index (χ2n) is 5.39. The Bertz CT molecular complexity index is 327. The van der Waals surface area contributed by atoms with Crippen molar-refractivity contribution >= 4 is 12.0 Å². The first kappa shape index (κ1) is 16.8. The summed E-state index contributed by atoms with van der Waals surface area (Å²) in [5, 5.41) is 18.1. The van der Waals surface area contributed by atoms with E-state index in [2.05, 4.69) is 0 Å². The van der Waals surface area contributed by atoms with Gasteiger partial charge < -0.3 is 20.0 Å². The maximum absolute atomic E-state index is 12.6. The summed E-state index contributed by atoms with van der Waals surface area (Å²) in [6.45, 7) is 4.38. The van der Waals surface area contributed by atoms with Gasteiger partial charge in [-0.1, -0.05) is 13.8 Å². The Hall–Kier alpha value is -1.30. The first-order valence-electron chi connectivity index (χ1n) is 7.41. The Morgan fingerprint density at radius 1 is 1.25 bits per heavy atom. The van der Waals surface area contributed by atoms with Crippen LogP contribution in [0.4, 0.5) is 4.79 Å². The van der Waals surface area contributed by atoms with Crippen molar-refractivity contribution in [2.24, 2.45) is 5.92 Å². The third-order valence-corrected chi connectivity index (χ3v) is 3.74. The van der Waals surface area contributed by atoms with Gasteiger partial charge in [-0.15, -0.1) is 0 Å². The minimum absolute atomic E-state index is 0.0464. The van der Waals surface area contributed by atoms with E-state index < -0.39 is 5.97 Å². The number of aliphatic carboxylic acids is 1. The van der Waals surface area contributed by atoms with Gasteiger partial charge in [0.15, 0.2) is 0 Å². The lowest BCUT2D eigenvalue weighted by atomic mass is 10.1. The van der Waals surface area contributed by atoms with E-state index >= 15 is 0 Å². The summed E-state index contributed by atoms with van der Waals surface area (Å²) in [4.78, 5) is 26.5. The van der Waals surface area contributed by atoms with Gasteiger partial charge in [-0.05, 0) is 31.6 Å². The Kier molecular flexibility index (Phi) is 6.78. The lowest BCUT2D eigenvalue weighted by Gasteiger charge is -2.34. The molecule has 0 unspecified atom stereocenters. The number of aliphatic hydroxyl groups is 1. The Morgan fingerprint density at radius 3 is 2.25 bits per heavy atom. The highest BCUT2D eigenvalue weighted by Crippen LogP contribution is 2.30. The normalized spacial score (nSPS) is 14.4. The molecule has 0 aromatic carbocycles. The number of amides is 2. The van der Waals surface area contributed by atoms with Crippen molar-refractivity contribution in [3.8, 4) is 0 Å². The van der Waals surface area contributed by atoms with Gasteiger partial charge >= 0.3 is 12.0 Å². The van der Waals surface area contributed by atoms with Crippen molar-refractivity contribution in [2.45, 2.75) is 45.6 Å². The molecule has 2 N–H and O–H groups in total. The average molecular weight is 286 g/mol. The van der Waals surface area contributed by atoms with Gasteiger partial charge in [-0.2, -0.15) is 0 Å². The topological polar surface area (TPSA) is 81.1 Å². The molecule has 20 heavy (non-hydrogen) atoms.